The van der Waals surface area contributed by atoms with Gasteiger partial charge in [-0.05, 0) is 53.4 Å². The van der Waals surface area contributed by atoms with E-state index in [4.69, 9.17) is 15.5 Å². The van der Waals surface area contributed by atoms with Crippen molar-refractivity contribution in [3.63, 3.8) is 0 Å². The van der Waals surface area contributed by atoms with Gasteiger partial charge in [0.05, 0.1) is 18.3 Å². The minimum Gasteiger partial charge on any atom is -0.497 e. The first-order chi connectivity index (χ1) is 15.0. The monoisotopic (exact) mass is 412 g/mol. The van der Waals surface area contributed by atoms with Crippen LogP contribution in [0, 0.1) is 5.41 Å². The Hall–Kier alpha value is -3.44. The lowest BCUT2D eigenvalue weighted by atomic mass is 9.94. The van der Waals surface area contributed by atoms with E-state index in [0.29, 0.717) is 6.54 Å². The van der Waals surface area contributed by atoms with Crippen molar-refractivity contribution < 1.29 is 4.74 Å². The Morgan fingerprint density at radius 3 is 2.23 bits per heavy atom. The molecule has 0 amide bonds. The molecule has 0 unspecified atom stereocenters. The molecule has 5 heteroatoms. The summed E-state index contributed by atoms with van der Waals surface area (Å²) in [6.45, 7) is 5.62. The molecule has 0 radical (unpaired) electrons. The fourth-order valence-corrected chi connectivity index (χ4v) is 3.37. The molecule has 31 heavy (non-hydrogen) atoms. The number of fused-ring (bicyclic) bond motifs is 1. The van der Waals surface area contributed by atoms with Crippen molar-refractivity contribution in [3.8, 4) is 28.1 Å². The highest BCUT2D eigenvalue weighted by Gasteiger charge is 2.17. The van der Waals surface area contributed by atoms with Crippen LogP contribution in [0.1, 0.15) is 13.8 Å². The lowest BCUT2D eigenvalue weighted by Crippen LogP contribution is -2.31. The fourth-order valence-electron chi connectivity index (χ4n) is 3.37. The standard InChI is InChI=1S/C26H28N4O/c1-26(2,16-27)17-29-25-22-5-4-14-28-24(22)15-23(30-25)20-8-6-18(7-9-20)19-10-12-21(31-3)13-11-19/h4-15H,16-17,27H2,1-3H3,(H,29,30). The van der Waals surface area contributed by atoms with Crippen LogP contribution in [-0.4, -0.2) is 30.2 Å². The third-order valence-corrected chi connectivity index (χ3v) is 5.49. The molecular formula is C26H28N4O. The lowest BCUT2D eigenvalue weighted by molar-refractivity contribution is 0.405. The van der Waals surface area contributed by atoms with Crippen LogP contribution in [0.4, 0.5) is 5.82 Å². The Balaban J connectivity index is 1.67. The number of rotatable bonds is 7. The summed E-state index contributed by atoms with van der Waals surface area (Å²) < 4.78 is 5.25. The van der Waals surface area contributed by atoms with Crippen molar-refractivity contribution >= 4 is 16.7 Å². The number of hydrogen-bond acceptors (Lipinski definition) is 5. The highest BCUT2D eigenvalue weighted by Crippen LogP contribution is 2.29. The zero-order chi connectivity index (χ0) is 21.8. The van der Waals surface area contributed by atoms with Crippen LogP contribution >= 0.6 is 0 Å². The molecule has 0 atom stereocenters. The minimum absolute atomic E-state index is 0.0216. The lowest BCUT2D eigenvalue weighted by Gasteiger charge is -2.23. The number of nitrogens with zero attached hydrogens (tertiary/aromatic N) is 2. The van der Waals surface area contributed by atoms with Crippen LogP contribution < -0.4 is 15.8 Å². The van der Waals surface area contributed by atoms with Gasteiger partial charge in [0.15, 0.2) is 0 Å². The van der Waals surface area contributed by atoms with Crippen LogP contribution in [0.25, 0.3) is 33.3 Å². The molecule has 0 fully saturated rings. The predicted octanol–water partition coefficient (Wildman–Crippen LogP) is 5.37. The number of aromatic nitrogens is 2. The highest BCUT2D eigenvalue weighted by molar-refractivity contribution is 5.92. The molecule has 0 bridgehead atoms. The normalized spacial score (nSPS) is 11.5. The molecule has 0 aliphatic heterocycles. The average molecular weight is 413 g/mol. The SMILES string of the molecule is COc1ccc(-c2ccc(-c3cc4ncccc4c(NCC(C)(C)CN)n3)cc2)cc1. The number of ether oxygens (including phenoxy) is 1. The van der Waals surface area contributed by atoms with Crippen molar-refractivity contribution in [3.05, 3.63) is 72.9 Å². The summed E-state index contributed by atoms with van der Waals surface area (Å²) in [4.78, 5) is 9.48. The summed E-state index contributed by atoms with van der Waals surface area (Å²) in [5.41, 5.74) is 11.0. The first kappa shape index (κ1) is 20.8. The Morgan fingerprint density at radius 2 is 1.58 bits per heavy atom. The Bertz CT molecular complexity index is 1170. The van der Waals surface area contributed by atoms with Gasteiger partial charge in [-0.2, -0.15) is 0 Å². The molecule has 3 N–H and O–H groups in total. The second-order valence-electron chi connectivity index (χ2n) is 8.45. The van der Waals surface area contributed by atoms with Gasteiger partial charge in [-0.25, -0.2) is 4.98 Å². The van der Waals surface area contributed by atoms with Gasteiger partial charge in [0.2, 0.25) is 0 Å². The van der Waals surface area contributed by atoms with Crippen LogP contribution in [0.5, 0.6) is 5.75 Å². The van der Waals surface area contributed by atoms with Crippen molar-refractivity contribution in [2.45, 2.75) is 13.8 Å². The second kappa shape index (κ2) is 8.74. The smallest absolute Gasteiger partial charge is 0.136 e. The van der Waals surface area contributed by atoms with E-state index in [-0.39, 0.29) is 5.41 Å². The van der Waals surface area contributed by atoms with Crippen LogP contribution in [-0.2, 0) is 0 Å². The molecule has 2 aromatic heterocycles. The quantitative estimate of drug-likeness (QED) is 0.427. The van der Waals surface area contributed by atoms with E-state index in [0.717, 1.165) is 51.4 Å². The van der Waals surface area contributed by atoms with Crippen molar-refractivity contribution in [1.29, 1.82) is 0 Å². The summed E-state index contributed by atoms with van der Waals surface area (Å²) in [6, 6.07) is 22.5. The molecule has 2 aromatic carbocycles. The van der Waals surface area contributed by atoms with Gasteiger partial charge >= 0.3 is 0 Å². The van der Waals surface area contributed by atoms with E-state index in [2.05, 4.69) is 60.5 Å². The number of methoxy groups -OCH3 is 1. The molecule has 2 heterocycles. The maximum absolute atomic E-state index is 5.90. The average Bonchev–Trinajstić information content (AvgIpc) is 2.82. The van der Waals surface area contributed by atoms with E-state index >= 15 is 0 Å². The molecule has 4 rings (SSSR count). The predicted molar refractivity (Wildman–Crippen MR) is 128 cm³/mol. The van der Waals surface area contributed by atoms with Gasteiger partial charge in [0.1, 0.15) is 11.6 Å². The maximum Gasteiger partial charge on any atom is 0.136 e. The van der Waals surface area contributed by atoms with E-state index in [9.17, 15) is 0 Å². The van der Waals surface area contributed by atoms with E-state index < -0.39 is 0 Å². The van der Waals surface area contributed by atoms with Gasteiger partial charge in [0.25, 0.3) is 0 Å². The first-order valence-corrected chi connectivity index (χ1v) is 10.4. The largest absolute Gasteiger partial charge is 0.497 e. The van der Waals surface area contributed by atoms with Gasteiger partial charge < -0.3 is 15.8 Å². The van der Waals surface area contributed by atoms with Gasteiger partial charge in [-0.1, -0.05) is 50.2 Å². The second-order valence-corrected chi connectivity index (χ2v) is 8.45. The first-order valence-electron chi connectivity index (χ1n) is 10.4. The summed E-state index contributed by atoms with van der Waals surface area (Å²) in [5, 5.41) is 4.50. The number of pyridine rings is 2. The fraction of sp³-hybridized carbons (Fsp3) is 0.231. The maximum atomic E-state index is 5.90. The summed E-state index contributed by atoms with van der Waals surface area (Å²) in [7, 11) is 1.68. The Labute approximate surface area is 183 Å². The van der Waals surface area contributed by atoms with Crippen LogP contribution in [0.2, 0.25) is 0 Å². The van der Waals surface area contributed by atoms with Crippen molar-refractivity contribution in [2.24, 2.45) is 11.1 Å². The third-order valence-electron chi connectivity index (χ3n) is 5.49. The third kappa shape index (κ3) is 4.67. The van der Waals surface area contributed by atoms with Crippen LogP contribution in [0.15, 0.2) is 72.9 Å². The summed E-state index contributed by atoms with van der Waals surface area (Å²) in [6.07, 6.45) is 1.81. The van der Waals surface area contributed by atoms with Crippen LogP contribution in [0.3, 0.4) is 0 Å². The van der Waals surface area contributed by atoms with Gasteiger partial charge in [0, 0.05) is 23.7 Å². The number of hydrogen-bond donors (Lipinski definition) is 2. The van der Waals surface area contributed by atoms with Crippen molar-refractivity contribution in [2.75, 3.05) is 25.5 Å². The molecule has 0 aliphatic carbocycles. The number of nitrogens with two attached hydrogens (primary N) is 1. The highest BCUT2D eigenvalue weighted by atomic mass is 16.5. The molecule has 0 aliphatic rings. The number of nitrogens with one attached hydrogen (secondary N) is 1. The van der Waals surface area contributed by atoms with Gasteiger partial charge in [-0.15, -0.1) is 0 Å². The van der Waals surface area contributed by atoms with Crippen molar-refractivity contribution in [1.82, 2.24) is 9.97 Å². The topological polar surface area (TPSA) is 73.1 Å². The van der Waals surface area contributed by atoms with E-state index in [1.807, 2.05) is 36.5 Å². The zero-order valence-corrected chi connectivity index (χ0v) is 18.2. The van der Waals surface area contributed by atoms with E-state index in [1.54, 1.807) is 7.11 Å². The summed E-state index contributed by atoms with van der Waals surface area (Å²) in [5.74, 6) is 1.69. The molecule has 0 saturated carbocycles. The van der Waals surface area contributed by atoms with Gasteiger partial charge in [-0.3, -0.25) is 4.98 Å². The summed E-state index contributed by atoms with van der Waals surface area (Å²) >= 11 is 0. The minimum atomic E-state index is -0.0216. The molecule has 5 nitrogen and oxygen atoms in total. The molecular weight excluding hydrogens is 384 g/mol. The van der Waals surface area contributed by atoms with E-state index in [1.165, 1.54) is 0 Å². The number of anilines is 1. The Kier molecular flexibility index (Phi) is 5.87. The molecule has 0 saturated heterocycles. The zero-order valence-electron chi connectivity index (χ0n) is 18.2. The number of benzene rings is 2. The Morgan fingerprint density at radius 1 is 0.935 bits per heavy atom. The molecule has 4 aromatic rings. The molecule has 158 valence electrons. The molecule has 0 spiro atoms.